The van der Waals surface area contributed by atoms with Crippen molar-refractivity contribution in [2.24, 2.45) is 0 Å². The molecule has 0 aromatic carbocycles. The Kier molecular flexibility index (Phi) is 6.01. The topological polar surface area (TPSA) is 93.1 Å². The molecule has 0 saturated heterocycles. The number of allylic oxidation sites excluding steroid dienone is 1. The molecule has 0 aliphatic heterocycles. The Morgan fingerprint density at radius 2 is 2.26 bits per heavy atom. The highest BCUT2D eigenvalue weighted by Crippen LogP contribution is 2.40. The molecule has 1 aliphatic rings. The van der Waals surface area contributed by atoms with Crippen LogP contribution in [0.1, 0.15) is 36.1 Å². The van der Waals surface area contributed by atoms with Gasteiger partial charge in [0, 0.05) is 18.5 Å². The Balaban J connectivity index is 1.99. The number of nitrogens with zero attached hydrogens (tertiary/aromatic N) is 2. The summed E-state index contributed by atoms with van der Waals surface area (Å²) in [6.07, 6.45) is 4.84. The second kappa shape index (κ2) is 8.26. The number of hydrogen-bond donors (Lipinski definition) is 2. The van der Waals surface area contributed by atoms with Crippen LogP contribution in [0.15, 0.2) is 22.6 Å². The molecule has 3 rings (SSSR count). The van der Waals surface area contributed by atoms with Crippen molar-refractivity contribution in [2.45, 2.75) is 43.8 Å². The molecule has 0 bridgehead atoms. The molecule has 2 aromatic rings. The summed E-state index contributed by atoms with van der Waals surface area (Å²) in [6, 6.07) is -0.563. The van der Waals surface area contributed by atoms with E-state index < -0.39 is 11.9 Å². The molecule has 2 heterocycles. The smallest absolute Gasteiger partial charge is 0.321 e. The number of aryl methyl sites for hydroxylation is 1. The first kappa shape index (κ1) is 19.6. The van der Waals surface area contributed by atoms with Gasteiger partial charge in [-0.1, -0.05) is 24.8 Å². The van der Waals surface area contributed by atoms with Crippen molar-refractivity contribution in [2.75, 3.05) is 12.8 Å². The lowest BCUT2D eigenvalue weighted by atomic mass is 9.88. The fourth-order valence-electron chi connectivity index (χ4n) is 3.31. The van der Waals surface area contributed by atoms with E-state index in [2.05, 4.69) is 29.1 Å². The molecule has 0 spiro atoms. The normalized spacial score (nSPS) is 16.0. The molecule has 3 amide bonds. The van der Waals surface area contributed by atoms with Crippen LogP contribution >= 0.6 is 23.1 Å². The largest absolute Gasteiger partial charge is 0.341 e. The molecule has 0 fully saturated rings. The highest BCUT2D eigenvalue weighted by Gasteiger charge is 2.26. The molecule has 27 heavy (non-hydrogen) atoms. The Morgan fingerprint density at radius 3 is 2.96 bits per heavy atom. The maximum Gasteiger partial charge on any atom is 0.321 e. The van der Waals surface area contributed by atoms with Gasteiger partial charge in [-0.2, -0.15) is 0 Å². The number of nitrogens with one attached hydrogen (secondary N) is 2. The molecule has 0 radical (unpaired) electrons. The van der Waals surface area contributed by atoms with Crippen molar-refractivity contribution >= 4 is 45.3 Å². The minimum absolute atomic E-state index is 0.00992. The maximum atomic E-state index is 13.2. The van der Waals surface area contributed by atoms with E-state index in [9.17, 15) is 14.4 Å². The van der Waals surface area contributed by atoms with E-state index >= 15 is 0 Å². The number of imide groups is 1. The summed E-state index contributed by atoms with van der Waals surface area (Å²) < 4.78 is 1.56. The predicted octanol–water partition coefficient (Wildman–Crippen LogP) is 2.63. The van der Waals surface area contributed by atoms with Gasteiger partial charge in [0.15, 0.2) is 5.16 Å². The number of aromatic nitrogens is 2. The molecule has 9 heteroatoms. The highest BCUT2D eigenvalue weighted by molar-refractivity contribution is 7.99. The first-order chi connectivity index (χ1) is 13.0. The minimum atomic E-state index is -0.563. The van der Waals surface area contributed by atoms with Crippen molar-refractivity contribution in [1.82, 2.24) is 20.2 Å². The first-order valence-electron chi connectivity index (χ1n) is 8.77. The van der Waals surface area contributed by atoms with Crippen LogP contribution in [0, 0.1) is 0 Å². The van der Waals surface area contributed by atoms with Gasteiger partial charge in [-0.15, -0.1) is 17.9 Å². The third kappa shape index (κ3) is 3.93. The minimum Gasteiger partial charge on any atom is -0.341 e. The lowest BCUT2D eigenvalue weighted by Crippen LogP contribution is -2.38. The van der Waals surface area contributed by atoms with Crippen LogP contribution in [0.4, 0.5) is 4.79 Å². The van der Waals surface area contributed by atoms with Crippen molar-refractivity contribution in [3.8, 4) is 0 Å². The number of thioether (sulfide) groups is 1. The fourth-order valence-corrected chi connectivity index (χ4v) is 5.49. The van der Waals surface area contributed by atoms with Gasteiger partial charge in [-0.3, -0.25) is 19.5 Å². The number of fused-ring (bicyclic) bond motifs is 3. The summed E-state index contributed by atoms with van der Waals surface area (Å²) in [5.74, 6) is -0.103. The van der Waals surface area contributed by atoms with Gasteiger partial charge in [0.1, 0.15) is 4.83 Å². The van der Waals surface area contributed by atoms with Crippen LogP contribution in [0.2, 0.25) is 0 Å². The van der Waals surface area contributed by atoms with E-state index in [1.807, 2.05) is 0 Å². The molecule has 2 N–H and O–H groups in total. The molecule has 1 atom stereocenters. The van der Waals surface area contributed by atoms with Gasteiger partial charge in [-0.05, 0) is 30.7 Å². The summed E-state index contributed by atoms with van der Waals surface area (Å²) in [7, 11) is 1.44. The SMILES string of the molecule is C=CCn1c(SCC(=O)NC(=O)NC)nc2sc3c(c2c1=O)C(C)CCC3. The van der Waals surface area contributed by atoms with Crippen LogP contribution in [-0.4, -0.2) is 34.3 Å². The Hall–Kier alpha value is -2.13. The summed E-state index contributed by atoms with van der Waals surface area (Å²) in [5.41, 5.74) is 1.06. The summed E-state index contributed by atoms with van der Waals surface area (Å²) >= 11 is 2.72. The van der Waals surface area contributed by atoms with Crippen LogP contribution in [0.25, 0.3) is 10.2 Å². The van der Waals surface area contributed by atoms with E-state index in [1.165, 1.54) is 11.9 Å². The van der Waals surface area contributed by atoms with E-state index in [1.54, 1.807) is 22.0 Å². The second-order valence-electron chi connectivity index (χ2n) is 6.43. The number of hydrogen-bond acceptors (Lipinski definition) is 6. The molecule has 144 valence electrons. The number of thiophene rings is 1. The van der Waals surface area contributed by atoms with Crippen LogP contribution < -0.4 is 16.2 Å². The van der Waals surface area contributed by atoms with E-state index in [0.717, 1.165) is 41.4 Å². The van der Waals surface area contributed by atoms with Gasteiger partial charge in [0.25, 0.3) is 5.56 Å². The maximum absolute atomic E-state index is 13.2. The number of carbonyl (C=O) groups is 2. The number of rotatable bonds is 5. The zero-order valence-electron chi connectivity index (χ0n) is 15.3. The Bertz CT molecular complexity index is 964. The molecule has 1 aliphatic carbocycles. The van der Waals surface area contributed by atoms with E-state index in [4.69, 9.17) is 0 Å². The van der Waals surface area contributed by atoms with Crippen molar-refractivity contribution in [3.63, 3.8) is 0 Å². The summed E-state index contributed by atoms with van der Waals surface area (Å²) in [4.78, 5) is 43.0. The second-order valence-corrected chi connectivity index (χ2v) is 8.45. The molecular formula is C18H22N4O3S2. The predicted molar refractivity (Wildman–Crippen MR) is 109 cm³/mol. The molecular weight excluding hydrogens is 384 g/mol. The van der Waals surface area contributed by atoms with Gasteiger partial charge < -0.3 is 5.32 Å². The van der Waals surface area contributed by atoms with Crippen LogP contribution in [-0.2, 0) is 17.8 Å². The average molecular weight is 407 g/mol. The zero-order chi connectivity index (χ0) is 19.6. The molecule has 7 nitrogen and oxygen atoms in total. The van der Waals surface area contributed by atoms with Gasteiger partial charge in [-0.25, -0.2) is 9.78 Å². The van der Waals surface area contributed by atoms with Gasteiger partial charge >= 0.3 is 6.03 Å². The van der Waals surface area contributed by atoms with Crippen molar-refractivity contribution < 1.29 is 9.59 Å². The molecule has 2 aromatic heterocycles. The fraction of sp³-hybridized carbons (Fsp3) is 0.444. The number of amides is 3. The quantitative estimate of drug-likeness (QED) is 0.452. The Labute approximate surface area is 165 Å². The number of urea groups is 1. The summed E-state index contributed by atoms with van der Waals surface area (Å²) in [6.45, 7) is 6.21. The highest BCUT2D eigenvalue weighted by atomic mass is 32.2. The first-order valence-corrected chi connectivity index (χ1v) is 10.6. The van der Waals surface area contributed by atoms with Gasteiger partial charge in [0.05, 0.1) is 11.1 Å². The summed E-state index contributed by atoms with van der Waals surface area (Å²) in [5, 5.41) is 5.71. The Morgan fingerprint density at radius 1 is 1.48 bits per heavy atom. The molecule has 1 unspecified atom stereocenters. The number of carbonyl (C=O) groups excluding carboxylic acids is 2. The zero-order valence-corrected chi connectivity index (χ0v) is 17.0. The third-order valence-corrected chi connectivity index (χ3v) is 6.68. The lowest BCUT2D eigenvalue weighted by Gasteiger charge is -2.18. The molecule has 0 saturated carbocycles. The average Bonchev–Trinajstić information content (AvgIpc) is 3.02. The monoisotopic (exact) mass is 406 g/mol. The van der Waals surface area contributed by atoms with Gasteiger partial charge in [0.2, 0.25) is 5.91 Å². The van der Waals surface area contributed by atoms with Crippen LogP contribution in [0.3, 0.4) is 0 Å². The van der Waals surface area contributed by atoms with Crippen molar-refractivity contribution in [3.05, 3.63) is 33.4 Å². The van der Waals surface area contributed by atoms with Crippen molar-refractivity contribution in [1.29, 1.82) is 0 Å². The van der Waals surface area contributed by atoms with E-state index in [-0.39, 0.29) is 11.3 Å². The van der Waals surface area contributed by atoms with Crippen LogP contribution in [0.5, 0.6) is 0 Å². The standard InChI is InChI=1S/C18H22N4O3S2/c1-4-8-22-16(24)14-13-10(2)6-5-7-11(13)27-15(14)21-18(22)26-9-12(23)20-17(25)19-3/h4,10H,1,5-9H2,2-3H3,(H2,19,20,23,25). The lowest BCUT2D eigenvalue weighted by molar-refractivity contribution is -0.117. The van der Waals surface area contributed by atoms with E-state index in [0.29, 0.717) is 23.0 Å². The third-order valence-electron chi connectivity index (χ3n) is 4.55.